The minimum atomic E-state index is -3.99. The highest BCUT2D eigenvalue weighted by Crippen LogP contribution is 2.51. The fourth-order valence-corrected chi connectivity index (χ4v) is 7.26. The summed E-state index contributed by atoms with van der Waals surface area (Å²) in [7, 11) is -3.99. The summed E-state index contributed by atoms with van der Waals surface area (Å²) in [4.78, 5) is 25.5. The Morgan fingerprint density at radius 3 is 2.27 bits per heavy atom. The molecule has 0 unspecified atom stereocenters. The molecule has 2 aliphatic rings. The Labute approximate surface area is 212 Å². The van der Waals surface area contributed by atoms with Gasteiger partial charge in [0.2, 0.25) is 6.04 Å². The number of nitro groups is 1. The summed E-state index contributed by atoms with van der Waals surface area (Å²) in [6.45, 7) is 0.149. The number of rotatable bonds is 5. The van der Waals surface area contributed by atoms with Gasteiger partial charge in [-0.05, 0) is 23.8 Å². The Morgan fingerprint density at radius 1 is 0.973 bits per heavy atom. The zero-order valence-corrected chi connectivity index (χ0v) is 20.4. The van der Waals surface area contributed by atoms with Crippen molar-refractivity contribution < 1.29 is 22.9 Å². The molecule has 2 saturated heterocycles. The summed E-state index contributed by atoms with van der Waals surface area (Å²) < 4.78 is 33.7. The van der Waals surface area contributed by atoms with E-state index in [0.29, 0.717) is 22.0 Å². The standard InChI is InChI=1S/C27H23N3O6S/c31-26-27(15-16-36-26)23(18-9-3-1-4-10-18)25(30(32)33)24(28-27)21-17-29(22-14-8-7-13-20(21)22)37(34,35)19-11-5-2-6-12-19/h1-14,17,23-25,28H,15-16H2/t23-,24-,25-,27-/m1/s1. The molecule has 0 bridgehead atoms. The molecule has 4 aromatic rings. The number of hydrogen-bond acceptors (Lipinski definition) is 7. The van der Waals surface area contributed by atoms with Crippen molar-refractivity contribution in [1.82, 2.24) is 9.29 Å². The van der Waals surface area contributed by atoms with Crippen LogP contribution >= 0.6 is 0 Å². The number of nitrogens with one attached hydrogen (secondary N) is 1. The van der Waals surface area contributed by atoms with Gasteiger partial charge in [0, 0.05) is 28.5 Å². The predicted octanol–water partition coefficient (Wildman–Crippen LogP) is 3.64. The van der Waals surface area contributed by atoms with Crippen LogP contribution in [0.25, 0.3) is 10.9 Å². The van der Waals surface area contributed by atoms with Gasteiger partial charge < -0.3 is 4.74 Å². The fourth-order valence-electron chi connectivity index (χ4n) is 5.86. The topological polar surface area (TPSA) is 121 Å². The summed E-state index contributed by atoms with van der Waals surface area (Å²) in [5, 5.41) is 16.5. The van der Waals surface area contributed by atoms with Gasteiger partial charge in [-0.25, -0.2) is 12.4 Å². The third-order valence-corrected chi connectivity index (χ3v) is 9.15. The maximum atomic E-state index is 13.6. The summed E-state index contributed by atoms with van der Waals surface area (Å²) in [6.07, 6.45) is 1.72. The Kier molecular flexibility index (Phi) is 5.39. The quantitative estimate of drug-likeness (QED) is 0.244. The van der Waals surface area contributed by atoms with E-state index in [9.17, 15) is 23.3 Å². The number of carbonyl (C=O) groups is 1. The molecule has 1 aromatic heterocycles. The van der Waals surface area contributed by atoms with Crippen LogP contribution in [0.2, 0.25) is 0 Å². The number of fused-ring (bicyclic) bond motifs is 1. The Bertz CT molecular complexity index is 1620. The zero-order chi connectivity index (χ0) is 25.8. The average molecular weight is 518 g/mol. The lowest BCUT2D eigenvalue weighted by atomic mass is 9.76. The van der Waals surface area contributed by atoms with Crippen molar-refractivity contribution in [2.75, 3.05) is 6.61 Å². The van der Waals surface area contributed by atoms with Gasteiger partial charge in [-0.1, -0.05) is 66.7 Å². The summed E-state index contributed by atoms with van der Waals surface area (Å²) in [6, 6.07) is 21.7. The van der Waals surface area contributed by atoms with E-state index in [-0.39, 0.29) is 22.8 Å². The van der Waals surface area contributed by atoms with Crippen molar-refractivity contribution in [2.24, 2.45) is 0 Å². The second-order valence-electron chi connectivity index (χ2n) is 9.36. The predicted molar refractivity (Wildman–Crippen MR) is 135 cm³/mol. The van der Waals surface area contributed by atoms with E-state index in [4.69, 9.17) is 4.74 Å². The van der Waals surface area contributed by atoms with Crippen molar-refractivity contribution in [1.29, 1.82) is 0 Å². The van der Waals surface area contributed by atoms with E-state index in [2.05, 4.69) is 5.32 Å². The van der Waals surface area contributed by atoms with Crippen molar-refractivity contribution in [3.05, 3.63) is 112 Å². The first-order chi connectivity index (χ1) is 17.8. The third-order valence-electron chi connectivity index (χ3n) is 7.47. The first kappa shape index (κ1) is 23.4. The van der Waals surface area contributed by atoms with E-state index in [0.717, 1.165) is 0 Å². The Hall–Kier alpha value is -4.02. The van der Waals surface area contributed by atoms with Crippen LogP contribution in [0.5, 0.6) is 0 Å². The normalized spacial score (nSPS) is 25.5. The number of aromatic nitrogens is 1. The van der Waals surface area contributed by atoms with Gasteiger partial charge in [0.15, 0.2) is 0 Å². The maximum Gasteiger partial charge on any atom is 0.327 e. The number of para-hydroxylation sites is 1. The average Bonchev–Trinajstić information content (AvgIpc) is 3.59. The van der Waals surface area contributed by atoms with Gasteiger partial charge >= 0.3 is 5.97 Å². The zero-order valence-electron chi connectivity index (χ0n) is 19.6. The Balaban J connectivity index is 1.57. The number of benzene rings is 3. The number of carbonyl (C=O) groups excluding carboxylic acids is 1. The molecule has 37 heavy (non-hydrogen) atoms. The van der Waals surface area contributed by atoms with Crippen molar-refractivity contribution in [2.45, 2.75) is 34.9 Å². The van der Waals surface area contributed by atoms with Crippen LogP contribution in [-0.4, -0.2) is 41.5 Å². The lowest BCUT2D eigenvalue weighted by Crippen LogP contribution is -2.49. The van der Waals surface area contributed by atoms with Crippen molar-refractivity contribution in [3.63, 3.8) is 0 Å². The van der Waals surface area contributed by atoms with Gasteiger partial charge in [-0.15, -0.1) is 0 Å². The van der Waals surface area contributed by atoms with Crippen LogP contribution in [-0.2, 0) is 19.6 Å². The minimum absolute atomic E-state index is 0.102. The lowest BCUT2D eigenvalue weighted by molar-refractivity contribution is -0.527. The van der Waals surface area contributed by atoms with E-state index < -0.39 is 39.5 Å². The third kappa shape index (κ3) is 3.47. The first-order valence-corrected chi connectivity index (χ1v) is 13.3. The summed E-state index contributed by atoms with van der Waals surface area (Å²) in [5.74, 6) is -1.34. The van der Waals surface area contributed by atoms with Crippen LogP contribution in [0.15, 0.2) is 96.0 Å². The number of esters is 1. The maximum absolute atomic E-state index is 13.6. The van der Waals surface area contributed by atoms with Crippen molar-refractivity contribution in [3.8, 4) is 0 Å². The number of cyclic esters (lactones) is 1. The Morgan fingerprint density at radius 2 is 1.62 bits per heavy atom. The number of nitrogens with zero attached hydrogens (tertiary/aromatic N) is 2. The number of hydrogen-bond donors (Lipinski definition) is 1. The monoisotopic (exact) mass is 517 g/mol. The van der Waals surface area contributed by atoms with Gasteiger partial charge in [0.25, 0.3) is 10.0 Å². The molecule has 0 amide bonds. The van der Waals surface area contributed by atoms with Crippen molar-refractivity contribution >= 4 is 26.9 Å². The van der Waals surface area contributed by atoms with E-state index >= 15 is 0 Å². The summed E-state index contributed by atoms with van der Waals surface area (Å²) in [5.41, 5.74) is 0.190. The minimum Gasteiger partial charge on any atom is -0.464 e. The van der Waals surface area contributed by atoms with Crippen LogP contribution in [0.4, 0.5) is 0 Å². The molecule has 2 fully saturated rings. The highest BCUT2D eigenvalue weighted by Gasteiger charge is 2.66. The van der Waals surface area contributed by atoms with Crippen LogP contribution < -0.4 is 5.32 Å². The van der Waals surface area contributed by atoms with Crippen LogP contribution in [0.1, 0.15) is 29.5 Å². The van der Waals surface area contributed by atoms with Gasteiger partial charge in [-0.2, -0.15) is 0 Å². The molecular weight excluding hydrogens is 494 g/mol. The molecule has 188 valence electrons. The van der Waals surface area contributed by atoms with E-state index in [1.165, 1.54) is 22.3 Å². The van der Waals surface area contributed by atoms with Gasteiger partial charge in [0.1, 0.15) is 11.6 Å². The molecule has 3 heterocycles. The molecule has 1 N–H and O–H groups in total. The van der Waals surface area contributed by atoms with Crippen LogP contribution in [0.3, 0.4) is 0 Å². The highest BCUT2D eigenvalue weighted by atomic mass is 32.2. The largest absolute Gasteiger partial charge is 0.464 e. The lowest BCUT2D eigenvalue weighted by Gasteiger charge is -2.26. The van der Waals surface area contributed by atoms with E-state index in [1.54, 1.807) is 66.7 Å². The number of ether oxygens (including phenoxy) is 1. The van der Waals surface area contributed by atoms with E-state index in [1.807, 2.05) is 6.07 Å². The second-order valence-corrected chi connectivity index (χ2v) is 11.2. The van der Waals surface area contributed by atoms with Gasteiger partial charge in [-0.3, -0.25) is 20.2 Å². The molecule has 0 aliphatic carbocycles. The molecule has 9 nitrogen and oxygen atoms in total. The molecule has 1 spiro atoms. The molecule has 3 aromatic carbocycles. The fraction of sp³-hybridized carbons (Fsp3) is 0.222. The summed E-state index contributed by atoms with van der Waals surface area (Å²) >= 11 is 0. The van der Waals surface area contributed by atoms with Gasteiger partial charge in [0.05, 0.1) is 22.9 Å². The molecule has 4 atom stereocenters. The van der Waals surface area contributed by atoms with Crippen LogP contribution in [0, 0.1) is 10.1 Å². The molecular formula is C27H23N3O6S. The molecule has 6 rings (SSSR count). The first-order valence-electron chi connectivity index (χ1n) is 11.9. The molecule has 2 aliphatic heterocycles. The molecule has 0 saturated carbocycles. The SMILES string of the molecule is O=C1OCC[C@]12N[C@H](c1cn(S(=O)(=O)c3ccccc3)c3ccccc13)[C@H]([N+](=O)[O-])[C@H]2c1ccccc1. The second kappa shape index (κ2) is 8.53. The highest BCUT2D eigenvalue weighted by molar-refractivity contribution is 7.90. The molecule has 0 radical (unpaired) electrons. The smallest absolute Gasteiger partial charge is 0.327 e. The molecule has 10 heteroatoms.